The van der Waals surface area contributed by atoms with Crippen molar-refractivity contribution in [3.8, 4) is 0 Å². The monoisotopic (exact) mass is 144 g/mol. The second kappa shape index (κ2) is 2.49. The highest BCUT2D eigenvalue weighted by atomic mass is 32.1. The molecule has 0 aliphatic rings. The Morgan fingerprint density at radius 1 is 1.89 bits per heavy atom. The molecule has 0 spiro atoms. The second-order valence-electron chi connectivity index (χ2n) is 1.26. The molecule has 0 saturated heterocycles. The van der Waals surface area contributed by atoms with E-state index >= 15 is 0 Å². The first-order chi connectivity index (χ1) is 4.29. The number of rotatable bonds is 1. The van der Waals surface area contributed by atoms with E-state index in [0.717, 1.165) is 0 Å². The van der Waals surface area contributed by atoms with Gasteiger partial charge < -0.3 is 0 Å². The van der Waals surface area contributed by atoms with Crippen LogP contribution in [0.2, 0.25) is 0 Å². The number of amides is 1. The Bertz CT molecular complexity index is 196. The van der Waals surface area contributed by atoms with E-state index in [4.69, 9.17) is 0 Å². The predicted molar refractivity (Wildman–Crippen MR) is 34.4 cm³/mol. The van der Waals surface area contributed by atoms with Crippen molar-refractivity contribution in [3.05, 3.63) is 6.33 Å². The van der Waals surface area contributed by atoms with Gasteiger partial charge in [-0.15, -0.1) is 0 Å². The summed E-state index contributed by atoms with van der Waals surface area (Å²) in [6.07, 6.45) is 1.29. The van der Waals surface area contributed by atoms with Gasteiger partial charge in [0.2, 0.25) is 5.95 Å². The van der Waals surface area contributed by atoms with Crippen LogP contribution in [0.5, 0.6) is 0 Å². The molecule has 1 rings (SSSR count). The fraction of sp³-hybridized carbons (Fsp3) is 0. The van der Waals surface area contributed by atoms with Gasteiger partial charge in [-0.1, -0.05) is 12.6 Å². The number of hydrogen-bond acceptors (Lipinski definition) is 3. The van der Waals surface area contributed by atoms with Crippen molar-refractivity contribution in [2.75, 3.05) is 5.32 Å². The smallest absolute Gasteiger partial charge is 0.282 e. The average Bonchev–Trinajstić information content (AvgIpc) is 2.15. The number of thiol groups is 1. The Hall–Kier alpha value is -1.04. The standard InChI is InChI=1S/C3H4N4OS/c8-3(9)6-2-4-1-5-7-2/h1H,(H3,4,5,6,7,8,9). The zero-order valence-corrected chi connectivity index (χ0v) is 5.22. The molecule has 1 aromatic heterocycles. The molecule has 0 aliphatic heterocycles. The van der Waals surface area contributed by atoms with Crippen LogP contribution in [0.25, 0.3) is 0 Å². The zero-order valence-electron chi connectivity index (χ0n) is 4.33. The van der Waals surface area contributed by atoms with Crippen molar-refractivity contribution < 1.29 is 4.79 Å². The van der Waals surface area contributed by atoms with E-state index in [0.29, 0.717) is 5.95 Å². The van der Waals surface area contributed by atoms with E-state index in [-0.39, 0.29) is 0 Å². The Kier molecular flexibility index (Phi) is 1.69. The number of carbonyl (C=O) groups is 1. The summed E-state index contributed by atoms with van der Waals surface area (Å²) in [5.41, 5.74) is 0. The van der Waals surface area contributed by atoms with Crippen LogP contribution < -0.4 is 5.32 Å². The lowest BCUT2D eigenvalue weighted by Crippen LogP contribution is -2.02. The van der Waals surface area contributed by atoms with Gasteiger partial charge in [0.1, 0.15) is 6.33 Å². The lowest BCUT2D eigenvalue weighted by Gasteiger charge is -1.89. The summed E-state index contributed by atoms with van der Waals surface area (Å²) in [6.45, 7) is 0. The molecule has 1 aromatic rings. The van der Waals surface area contributed by atoms with Gasteiger partial charge in [0.25, 0.3) is 5.24 Å². The number of anilines is 1. The van der Waals surface area contributed by atoms with Crippen LogP contribution >= 0.6 is 12.6 Å². The van der Waals surface area contributed by atoms with Crippen LogP contribution in [0.3, 0.4) is 0 Å². The molecule has 5 nitrogen and oxygen atoms in total. The molecule has 0 bridgehead atoms. The molecule has 0 unspecified atom stereocenters. The lowest BCUT2D eigenvalue weighted by atomic mass is 11.0. The van der Waals surface area contributed by atoms with E-state index in [1.54, 1.807) is 0 Å². The van der Waals surface area contributed by atoms with Gasteiger partial charge in [-0.05, 0) is 0 Å². The third-order valence-electron chi connectivity index (χ3n) is 0.640. The SMILES string of the molecule is O=C(S)Nc1ncn[nH]1. The van der Waals surface area contributed by atoms with Crippen LogP contribution in [0, 0.1) is 0 Å². The van der Waals surface area contributed by atoms with Crippen molar-refractivity contribution in [2.45, 2.75) is 0 Å². The van der Waals surface area contributed by atoms with Crippen molar-refractivity contribution in [2.24, 2.45) is 0 Å². The molecule has 0 aromatic carbocycles. The van der Waals surface area contributed by atoms with Crippen molar-refractivity contribution in [3.63, 3.8) is 0 Å². The molecule has 48 valence electrons. The van der Waals surface area contributed by atoms with Crippen LogP contribution in [0.4, 0.5) is 10.7 Å². The summed E-state index contributed by atoms with van der Waals surface area (Å²) >= 11 is 3.45. The average molecular weight is 144 g/mol. The first-order valence-corrected chi connectivity index (χ1v) is 2.59. The normalized spacial score (nSPS) is 9.00. The largest absolute Gasteiger partial charge is 0.286 e. The number of hydrogen-bond donors (Lipinski definition) is 3. The van der Waals surface area contributed by atoms with Gasteiger partial charge in [0.15, 0.2) is 0 Å². The minimum absolute atomic E-state index is 0.301. The van der Waals surface area contributed by atoms with Gasteiger partial charge in [0.05, 0.1) is 0 Å². The van der Waals surface area contributed by atoms with Gasteiger partial charge in [0, 0.05) is 0 Å². The maximum absolute atomic E-state index is 10.2. The fourth-order valence-electron chi connectivity index (χ4n) is 0.367. The molecule has 0 fully saturated rings. The number of aromatic amines is 1. The molecule has 0 atom stereocenters. The summed E-state index contributed by atoms with van der Waals surface area (Å²) in [6, 6.07) is 0. The molecular formula is C3H4N4OS. The van der Waals surface area contributed by atoms with E-state index in [2.05, 4.69) is 33.1 Å². The molecule has 0 radical (unpaired) electrons. The maximum atomic E-state index is 10.2. The molecule has 0 aliphatic carbocycles. The highest BCUT2D eigenvalue weighted by Crippen LogP contribution is 1.93. The quantitative estimate of drug-likeness (QED) is 0.495. The maximum Gasteiger partial charge on any atom is 0.282 e. The first-order valence-electron chi connectivity index (χ1n) is 2.14. The van der Waals surface area contributed by atoms with Crippen LogP contribution in [-0.2, 0) is 0 Å². The molecular weight excluding hydrogens is 140 g/mol. The molecule has 6 heteroatoms. The van der Waals surface area contributed by atoms with Gasteiger partial charge in [-0.25, -0.2) is 5.10 Å². The minimum Gasteiger partial charge on any atom is -0.286 e. The van der Waals surface area contributed by atoms with Crippen molar-refractivity contribution in [1.29, 1.82) is 0 Å². The van der Waals surface area contributed by atoms with Gasteiger partial charge in [-0.3, -0.25) is 10.1 Å². The molecule has 1 heterocycles. The second-order valence-corrected chi connectivity index (χ2v) is 1.67. The number of aromatic nitrogens is 3. The molecule has 1 amide bonds. The third-order valence-corrected chi connectivity index (χ3v) is 0.752. The van der Waals surface area contributed by atoms with Crippen LogP contribution in [-0.4, -0.2) is 20.4 Å². The highest BCUT2D eigenvalue weighted by Gasteiger charge is 1.94. The molecule has 2 N–H and O–H groups in total. The summed E-state index contributed by atoms with van der Waals surface area (Å²) in [4.78, 5) is 13.8. The summed E-state index contributed by atoms with van der Waals surface area (Å²) in [7, 11) is 0. The predicted octanol–water partition coefficient (Wildman–Crippen LogP) is 0.266. The van der Waals surface area contributed by atoms with Crippen LogP contribution in [0.1, 0.15) is 0 Å². The number of H-pyrrole nitrogens is 1. The van der Waals surface area contributed by atoms with Gasteiger partial charge >= 0.3 is 0 Å². The van der Waals surface area contributed by atoms with E-state index in [9.17, 15) is 4.79 Å². The van der Waals surface area contributed by atoms with E-state index < -0.39 is 5.24 Å². The Labute approximate surface area is 56.3 Å². The Morgan fingerprint density at radius 2 is 2.67 bits per heavy atom. The van der Waals surface area contributed by atoms with Crippen molar-refractivity contribution >= 4 is 23.8 Å². The Morgan fingerprint density at radius 3 is 3.11 bits per heavy atom. The molecule has 9 heavy (non-hydrogen) atoms. The van der Waals surface area contributed by atoms with E-state index in [1.807, 2.05) is 0 Å². The number of nitrogens with one attached hydrogen (secondary N) is 2. The fourth-order valence-corrected chi connectivity index (χ4v) is 0.473. The van der Waals surface area contributed by atoms with E-state index in [1.165, 1.54) is 6.33 Å². The highest BCUT2D eigenvalue weighted by molar-refractivity contribution is 7.96. The topological polar surface area (TPSA) is 70.7 Å². The van der Waals surface area contributed by atoms with Gasteiger partial charge in [-0.2, -0.15) is 10.1 Å². The van der Waals surface area contributed by atoms with Crippen LogP contribution in [0.15, 0.2) is 6.33 Å². The summed E-state index contributed by atoms with van der Waals surface area (Å²) in [5, 5.41) is 7.73. The number of nitrogens with zero attached hydrogens (tertiary/aromatic N) is 2. The number of carbonyl (C=O) groups excluding carboxylic acids is 1. The third kappa shape index (κ3) is 1.73. The summed E-state index contributed by atoms with van der Waals surface area (Å²) in [5.74, 6) is 0.301. The Balaban J connectivity index is 2.58. The molecule has 0 saturated carbocycles. The lowest BCUT2D eigenvalue weighted by molar-refractivity contribution is 0.270. The first kappa shape index (κ1) is 6.09. The zero-order chi connectivity index (χ0) is 6.69. The van der Waals surface area contributed by atoms with Crippen molar-refractivity contribution in [1.82, 2.24) is 15.2 Å². The minimum atomic E-state index is -0.466. The summed E-state index contributed by atoms with van der Waals surface area (Å²) < 4.78 is 0.